The predicted molar refractivity (Wildman–Crippen MR) is 113 cm³/mol. The van der Waals surface area contributed by atoms with Crippen LogP contribution in [0.25, 0.3) is 5.57 Å². The van der Waals surface area contributed by atoms with Gasteiger partial charge in [-0.1, -0.05) is 70.5 Å². The molecule has 0 fully saturated rings. The molecule has 0 bridgehead atoms. The molecule has 1 aliphatic rings. The van der Waals surface area contributed by atoms with Crippen molar-refractivity contribution in [3.63, 3.8) is 0 Å². The molecule has 1 aliphatic carbocycles. The summed E-state index contributed by atoms with van der Waals surface area (Å²) < 4.78 is 28.5. The summed E-state index contributed by atoms with van der Waals surface area (Å²) in [7, 11) is -3.66. The molecule has 3 rings (SSSR count). The number of hydrogen-bond acceptors (Lipinski definition) is 2. The van der Waals surface area contributed by atoms with E-state index in [9.17, 15) is 8.42 Å². The number of hydrogen-bond donors (Lipinski definition) is 0. The van der Waals surface area contributed by atoms with Crippen LogP contribution in [0.4, 0.5) is 0 Å². The number of benzene rings is 1. The lowest BCUT2D eigenvalue weighted by Crippen LogP contribution is -2.34. The van der Waals surface area contributed by atoms with Crippen LogP contribution in [0.15, 0.2) is 71.4 Å². The maximum absolute atomic E-state index is 13.6. The summed E-state index contributed by atoms with van der Waals surface area (Å²) in [5.74, 6) is 0.568. The van der Waals surface area contributed by atoms with E-state index in [4.69, 9.17) is 0 Å². The molecular formula is C23H29NO2S. The molecule has 0 saturated heterocycles. The highest BCUT2D eigenvalue weighted by Crippen LogP contribution is 2.50. The summed E-state index contributed by atoms with van der Waals surface area (Å²) in [5.41, 5.74) is 2.59. The highest BCUT2D eigenvalue weighted by molar-refractivity contribution is 7.94. The van der Waals surface area contributed by atoms with Gasteiger partial charge in [0.2, 0.25) is 0 Å². The molecule has 27 heavy (non-hydrogen) atoms. The zero-order chi connectivity index (χ0) is 19.8. The lowest BCUT2D eigenvalue weighted by atomic mass is 9.64. The van der Waals surface area contributed by atoms with Crippen molar-refractivity contribution in [2.45, 2.75) is 41.0 Å². The van der Waals surface area contributed by atoms with Crippen LogP contribution in [0.2, 0.25) is 0 Å². The van der Waals surface area contributed by atoms with Crippen molar-refractivity contribution in [2.75, 3.05) is 0 Å². The van der Waals surface area contributed by atoms with Crippen molar-refractivity contribution < 1.29 is 8.42 Å². The largest absolute Gasteiger partial charge is 0.268 e. The molecule has 0 amide bonds. The van der Waals surface area contributed by atoms with Crippen LogP contribution in [0.1, 0.15) is 46.6 Å². The first-order valence-corrected chi connectivity index (χ1v) is 11.0. The van der Waals surface area contributed by atoms with E-state index in [2.05, 4.69) is 33.8 Å². The number of nitrogens with zero attached hydrogens (tertiary/aromatic N) is 1. The zero-order valence-electron chi connectivity index (χ0n) is 16.8. The normalized spacial score (nSPS) is 21.1. The van der Waals surface area contributed by atoms with E-state index in [1.807, 2.05) is 37.3 Å². The molecule has 0 saturated carbocycles. The van der Waals surface area contributed by atoms with Crippen LogP contribution in [-0.2, 0) is 10.0 Å². The highest BCUT2D eigenvalue weighted by Gasteiger charge is 2.42. The average molecular weight is 384 g/mol. The van der Waals surface area contributed by atoms with Gasteiger partial charge in [-0.05, 0) is 53.0 Å². The molecule has 144 valence electrons. The molecular weight excluding hydrogens is 354 g/mol. The van der Waals surface area contributed by atoms with E-state index in [0.29, 0.717) is 10.8 Å². The molecule has 4 heteroatoms. The van der Waals surface area contributed by atoms with E-state index in [0.717, 1.165) is 23.1 Å². The minimum Gasteiger partial charge on any atom is -0.249 e. The Morgan fingerprint density at radius 1 is 1.07 bits per heavy atom. The lowest BCUT2D eigenvalue weighted by Gasteiger charge is -2.42. The Labute approximate surface area is 163 Å². The molecule has 1 heterocycles. The summed E-state index contributed by atoms with van der Waals surface area (Å²) in [6.07, 6.45) is 6.39. The maximum Gasteiger partial charge on any atom is 0.268 e. The van der Waals surface area contributed by atoms with Crippen LogP contribution >= 0.6 is 0 Å². The Morgan fingerprint density at radius 2 is 1.67 bits per heavy atom. The fourth-order valence-corrected chi connectivity index (χ4v) is 6.25. The van der Waals surface area contributed by atoms with E-state index in [1.54, 1.807) is 24.5 Å². The summed E-state index contributed by atoms with van der Waals surface area (Å²) in [4.78, 5) is 0.453. The van der Waals surface area contributed by atoms with Gasteiger partial charge in [0, 0.05) is 12.4 Å². The minimum absolute atomic E-state index is 0.125. The smallest absolute Gasteiger partial charge is 0.249 e. The molecule has 1 unspecified atom stereocenters. The van der Waals surface area contributed by atoms with Gasteiger partial charge in [-0.15, -0.1) is 0 Å². The van der Waals surface area contributed by atoms with Gasteiger partial charge in [-0.25, -0.2) is 12.4 Å². The van der Waals surface area contributed by atoms with Crippen LogP contribution in [-0.4, -0.2) is 12.4 Å². The molecule has 1 aromatic carbocycles. The zero-order valence-corrected chi connectivity index (χ0v) is 17.6. The van der Waals surface area contributed by atoms with Gasteiger partial charge in [0.1, 0.15) is 0 Å². The first-order valence-electron chi connectivity index (χ1n) is 9.58. The highest BCUT2D eigenvalue weighted by atomic mass is 32.2. The van der Waals surface area contributed by atoms with Crippen molar-refractivity contribution in [3.05, 3.63) is 77.0 Å². The quantitative estimate of drug-likeness (QED) is 0.662. The third-order valence-electron chi connectivity index (χ3n) is 5.80. The summed E-state index contributed by atoms with van der Waals surface area (Å²) in [6, 6.07) is 13.3. The van der Waals surface area contributed by atoms with E-state index >= 15 is 0 Å². The molecule has 0 radical (unpaired) electrons. The summed E-state index contributed by atoms with van der Waals surface area (Å²) in [5, 5.41) is 0. The third kappa shape index (κ3) is 3.43. The Morgan fingerprint density at radius 3 is 2.22 bits per heavy atom. The van der Waals surface area contributed by atoms with Crippen molar-refractivity contribution in [1.29, 1.82) is 0 Å². The van der Waals surface area contributed by atoms with Crippen molar-refractivity contribution in [1.82, 2.24) is 3.97 Å². The summed E-state index contributed by atoms with van der Waals surface area (Å²) in [6.45, 7) is 10.8. The Hall–Kier alpha value is -2.07. The van der Waals surface area contributed by atoms with Gasteiger partial charge >= 0.3 is 0 Å². The Kier molecular flexibility index (Phi) is 5.22. The molecule has 0 spiro atoms. The topological polar surface area (TPSA) is 39.1 Å². The third-order valence-corrected chi connectivity index (χ3v) is 7.65. The van der Waals surface area contributed by atoms with Crippen molar-refractivity contribution >= 4 is 15.6 Å². The number of aromatic nitrogens is 1. The van der Waals surface area contributed by atoms with Crippen LogP contribution in [0, 0.1) is 17.3 Å². The van der Waals surface area contributed by atoms with E-state index in [-0.39, 0.29) is 11.3 Å². The average Bonchev–Trinajstić information content (AvgIpc) is 3.16. The standard InChI is InChI=1S/C23H29NO2S/c1-6-17(2)21-18(3)22(27(25,26)24-14-10-11-15-24)20(16-23(21,4)5)19-12-8-7-9-13-19/h7-17,21H,6H2,1-5H3/t17?,21-/m0/s1. The second-order valence-corrected chi connectivity index (χ2v) is 9.92. The first kappa shape index (κ1) is 19.7. The number of rotatable bonds is 5. The van der Waals surface area contributed by atoms with Gasteiger partial charge in [0.25, 0.3) is 10.0 Å². The van der Waals surface area contributed by atoms with Gasteiger partial charge in [0.05, 0.1) is 4.91 Å². The second-order valence-electron chi connectivity index (χ2n) is 8.14. The summed E-state index contributed by atoms with van der Waals surface area (Å²) >= 11 is 0. The Bertz CT molecular complexity index is 965. The predicted octanol–water partition coefficient (Wildman–Crippen LogP) is 5.73. The van der Waals surface area contributed by atoms with Crippen molar-refractivity contribution in [3.8, 4) is 0 Å². The van der Waals surface area contributed by atoms with Crippen molar-refractivity contribution in [2.24, 2.45) is 17.3 Å². The molecule has 2 aromatic rings. The van der Waals surface area contributed by atoms with Crippen LogP contribution in [0.5, 0.6) is 0 Å². The lowest BCUT2D eigenvalue weighted by molar-refractivity contribution is 0.231. The van der Waals surface area contributed by atoms with Gasteiger partial charge in [-0.2, -0.15) is 0 Å². The maximum atomic E-state index is 13.6. The van der Waals surface area contributed by atoms with Gasteiger partial charge in [-0.3, -0.25) is 0 Å². The van der Waals surface area contributed by atoms with Crippen LogP contribution in [0.3, 0.4) is 0 Å². The second kappa shape index (κ2) is 7.16. The van der Waals surface area contributed by atoms with E-state index in [1.165, 1.54) is 3.97 Å². The van der Waals surface area contributed by atoms with Gasteiger partial charge in [0.15, 0.2) is 0 Å². The monoisotopic (exact) mass is 383 g/mol. The molecule has 1 aromatic heterocycles. The Balaban J connectivity index is 2.30. The molecule has 3 nitrogen and oxygen atoms in total. The number of allylic oxidation sites excluding steroid dienone is 3. The van der Waals surface area contributed by atoms with Gasteiger partial charge < -0.3 is 0 Å². The fraction of sp³-hybridized carbons (Fsp3) is 0.391. The van der Waals surface area contributed by atoms with Crippen LogP contribution < -0.4 is 0 Å². The molecule has 0 aliphatic heterocycles. The van der Waals surface area contributed by atoms with E-state index < -0.39 is 10.0 Å². The first-order chi connectivity index (χ1) is 12.7. The SMILES string of the molecule is CCC(C)[C@H]1C(C)=C(S(=O)(=O)n2cccc2)C(c2ccccc2)=CC1(C)C. The molecule has 2 atom stereocenters. The fourth-order valence-electron chi connectivity index (χ4n) is 4.59. The molecule has 0 N–H and O–H groups in total. The minimum atomic E-state index is -3.66.